The average molecular weight is 738 g/mol. The molecule has 0 saturated heterocycles. The van der Waals surface area contributed by atoms with Crippen LogP contribution in [0.2, 0.25) is 0 Å². The van der Waals surface area contributed by atoms with Crippen LogP contribution >= 0.6 is 0 Å². The zero-order chi connectivity index (χ0) is 37.8. The highest BCUT2D eigenvalue weighted by Crippen LogP contribution is 2.31. The number of hydrogen-bond donors (Lipinski definition) is 0. The van der Waals surface area contributed by atoms with Crippen molar-refractivity contribution in [3.63, 3.8) is 0 Å². The molecule has 0 saturated carbocycles. The van der Waals surface area contributed by atoms with E-state index in [0.29, 0.717) is 11.1 Å². The number of aryl methyl sites for hydroxylation is 4. The van der Waals surface area contributed by atoms with Crippen LogP contribution in [-0.2, 0) is 35.2 Å². The zero-order valence-electron chi connectivity index (χ0n) is 33.7. The maximum absolute atomic E-state index is 13.2. The van der Waals surface area contributed by atoms with E-state index in [-0.39, 0.29) is 11.9 Å². The standard InChI is InChI=1S/C47H67N3O4/c1-53-46(51)38-34-36-28-23-19-15-11-7-3-5-9-13-17-21-25-30-40(38)49-44(36)42-32-27-33-43(48-42)45-37-29-24-20-16-12-8-4-6-10-14-18-22-26-31-41(50-45)39(35-37)47(52)54-2/h27,32-35H,3-26,28-31H2,1-2H3. The van der Waals surface area contributed by atoms with Crippen molar-refractivity contribution in [3.8, 4) is 22.8 Å². The molecule has 0 N–H and O–H groups in total. The third-order valence-electron chi connectivity index (χ3n) is 11.6. The summed E-state index contributed by atoms with van der Waals surface area (Å²) in [6, 6.07) is 10.3. The molecular formula is C47H67N3O4. The number of hydrogen-bond acceptors (Lipinski definition) is 7. The number of carbonyl (C=O) groups is 2. The lowest BCUT2D eigenvalue weighted by Gasteiger charge is -2.17. The van der Waals surface area contributed by atoms with E-state index in [2.05, 4.69) is 18.2 Å². The summed E-state index contributed by atoms with van der Waals surface area (Å²) in [5.41, 5.74) is 8.20. The SMILES string of the molecule is COC(=O)c1cc2c(-c3cccc(-c4nc5c(C(=O)OC)cc4CCCCCCCCCCCCCC5)n3)nc1CCCCCCCCCCCCCC2. The van der Waals surface area contributed by atoms with Crippen molar-refractivity contribution in [3.05, 3.63) is 64.0 Å². The first-order valence-corrected chi connectivity index (χ1v) is 21.8. The van der Waals surface area contributed by atoms with E-state index in [1.807, 2.05) is 12.1 Å². The third kappa shape index (κ3) is 12.7. The summed E-state index contributed by atoms with van der Waals surface area (Å²) >= 11 is 0. The van der Waals surface area contributed by atoms with Crippen LogP contribution in [0.4, 0.5) is 0 Å². The summed E-state index contributed by atoms with van der Waals surface area (Å²) in [6.07, 6.45) is 32.5. The Balaban J connectivity index is 1.54. The first-order chi connectivity index (χ1) is 26.6. The van der Waals surface area contributed by atoms with Gasteiger partial charge in [-0.3, -0.25) is 9.97 Å². The van der Waals surface area contributed by atoms with Crippen LogP contribution in [0.25, 0.3) is 22.8 Å². The van der Waals surface area contributed by atoms with Gasteiger partial charge in [0.1, 0.15) is 0 Å². The van der Waals surface area contributed by atoms with Gasteiger partial charge in [0, 0.05) is 0 Å². The minimum Gasteiger partial charge on any atom is -0.465 e. The zero-order valence-corrected chi connectivity index (χ0v) is 33.7. The van der Waals surface area contributed by atoms with Crippen molar-refractivity contribution in [2.45, 2.75) is 180 Å². The van der Waals surface area contributed by atoms with E-state index < -0.39 is 0 Å². The minimum absolute atomic E-state index is 0.314. The number of ether oxygens (including phenoxy) is 2. The van der Waals surface area contributed by atoms with Gasteiger partial charge in [-0.1, -0.05) is 134 Å². The van der Waals surface area contributed by atoms with E-state index in [0.717, 1.165) is 122 Å². The van der Waals surface area contributed by atoms with E-state index in [1.54, 1.807) is 0 Å². The molecule has 0 spiro atoms. The van der Waals surface area contributed by atoms with E-state index in [4.69, 9.17) is 24.4 Å². The molecule has 0 fully saturated rings. The van der Waals surface area contributed by atoms with E-state index in [9.17, 15) is 9.59 Å². The molecule has 3 aromatic heterocycles. The smallest absolute Gasteiger partial charge is 0.339 e. The number of fused-ring (bicyclic) bond motifs is 30. The Morgan fingerprint density at radius 1 is 0.426 bits per heavy atom. The second-order valence-corrected chi connectivity index (χ2v) is 15.9. The average Bonchev–Trinajstić information content (AvgIpc) is 3.20. The van der Waals surface area contributed by atoms with Crippen LogP contribution in [0, 0.1) is 0 Å². The molecule has 3 aromatic rings. The normalized spacial score (nSPS) is 18.1. The van der Waals surface area contributed by atoms with Crippen molar-refractivity contribution in [1.82, 2.24) is 15.0 Å². The maximum atomic E-state index is 13.2. The Morgan fingerprint density at radius 2 is 0.722 bits per heavy atom. The van der Waals surface area contributed by atoms with Gasteiger partial charge in [0.05, 0.1) is 59.5 Å². The third-order valence-corrected chi connectivity index (χ3v) is 11.6. The summed E-state index contributed by atoms with van der Waals surface area (Å²) in [7, 11) is 2.93. The molecule has 0 amide bonds. The quantitative estimate of drug-likeness (QED) is 0.246. The Morgan fingerprint density at radius 3 is 1.04 bits per heavy atom. The second kappa shape index (κ2) is 23.3. The lowest BCUT2D eigenvalue weighted by molar-refractivity contribution is 0.0589. The largest absolute Gasteiger partial charge is 0.465 e. The van der Waals surface area contributed by atoms with Gasteiger partial charge in [-0.05, 0) is 86.8 Å². The van der Waals surface area contributed by atoms with Crippen molar-refractivity contribution < 1.29 is 19.1 Å². The van der Waals surface area contributed by atoms with Gasteiger partial charge >= 0.3 is 11.9 Å². The summed E-state index contributed by atoms with van der Waals surface area (Å²) < 4.78 is 10.6. The molecule has 4 aliphatic rings. The molecule has 4 bridgehead atoms. The number of carbonyl (C=O) groups excluding carboxylic acids is 2. The topological polar surface area (TPSA) is 91.3 Å². The highest BCUT2D eigenvalue weighted by Gasteiger charge is 2.22. The van der Waals surface area contributed by atoms with Crippen LogP contribution in [0.3, 0.4) is 0 Å². The van der Waals surface area contributed by atoms with Gasteiger partial charge in [-0.2, -0.15) is 0 Å². The maximum Gasteiger partial charge on any atom is 0.339 e. The van der Waals surface area contributed by atoms with Crippen molar-refractivity contribution in [2.75, 3.05) is 14.2 Å². The second-order valence-electron chi connectivity index (χ2n) is 15.9. The minimum atomic E-state index is -0.314. The molecule has 7 heteroatoms. The first-order valence-electron chi connectivity index (χ1n) is 21.8. The Kier molecular flexibility index (Phi) is 18.0. The molecule has 0 unspecified atom stereocenters. The summed E-state index contributed by atoms with van der Waals surface area (Å²) in [5, 5.41) is 0. The van der Waals surface area contributed by atoms with Crippen molar-refractivity contribution >= 4 is 11.9 Å². The molecule has 54 heavy (non-hydrogen) atoms. The molecule has 5 heterocycles. The number of rotatable bonds is 4. The molecule has 0 aromatic carbocycles. The Bertz CT molecular complexity index is 1500. The fraction of sp³-hybridized carbons (Fsp3) is 0.638. The number of pyridine rings is 3. The lowest BCUT2D eigenvalue weighted by atomic mass is 9.95. The fourth-order valence-electron chi connectivity index (χ4n) is 8.41. The van der Waals surface area contributed by atoms with E-state index in [1.165, 1.54) is 117 Å². The van der Waals surface area contributed by atoms with Gasteiger partial charge in [-0.15, -0.1) is 0 Å². The van der Waals surface area contributed by atoms with Crippen LogP contribution in [0.1, 0.15) is 197 Å². The van der Waals surface area contributed by atoms with Gasteiger partial charge in [0.2, 0.25) is 0 Å². The summed E-state index contributed by atoms with van der Waals surface area (Å²) in [5.74, 6) is -0.628. The predicted molar refractivity (Wildman–Crippen MR) is 219 cm³/mol. The van der Waals surface area contributed by atoms with Crippen molar-refractivity contribution in [1.29, 1.82) is 0 Å². The lowest BCUT2D eigenvalue weighted by Crippen LogP contribution is -2.12. The fourth-order valence-corrected chi connectivity index (χ4v) is 8.41. The highest BCUT2D eigenvalue weighted by molar-refractivity contribution is 5.92. The van der Waals surface area contributed by atoms with E-state index >= 15 is 0 Å². The molecule has 2 aliphatic carbocycles. The van der Waals surface area contributed by atoms with Crippen LogP contribution in [0.5, 0.6) is 0 Å². The van der Waals surface area contributed by atoms with Gasteiger partial charge in [0.15, 0.2) is 0 Å². The van der Waals surface area contributed by atoms with Crippen LogP contribution in [0.15, 0.2) is 30.3 Å². The number of aromatic nitrogens is 3. The number of methoxy groups -OCH3 is 2. The molecule has 0 atom stereocenters. The predicted octanol–water partition coefficient (Wildman–Crippen LogP) is 12.3. The monoisotopic (exact) mass is 738 g/mol. The molecule has 7 nitrogen and oxygen atoms in total. The molecular weight excluding hydrogens is 671 g/mol. The van der Waals surface area contributed by atoms with Crippen LogP contribution < -0.4 is 0 Å². The highest BCUT2D eigenvalue weighted by atomic mass is 16.5. The summed E-state index contributed by atoms with van der Waals surface area (Å²) in [6.45, 7) is 0. The van der Waals surface area contributed by atoms with Crippen LogP contribution in [-0.4, -0.2) is 41.1 Å². The first kappa shape index (κ1) is 41.6. The van der Waals surface area contributed by atoms with Gasteiger partial charge < -0.3 is 9.47 Å². The number of esters is 2. The molecule has 294 valence electrons. The van der Waals surface area contributed by atoms with Gasteiger partial charge in [-0.25, -0.2) is 14.6 Å². The molecule has 7 rings (SSSR count). The molecule has 2 aliphatic heterocycles. The summed E-state index contributed by atoms with van der Waals surface area (Å²) in [4.78, 5) is 42.2. The van der Waals surface area contributed by atoms with Crippen molar-refractivity contribution in [2.24, 2.45) is 0 Å². The van der Waals surface area contributed by atoms with Gasteiger partial charge in [0.25, 0.3) is 0 Å². The Labute approximate surface area is 325 Å². The number of nitrogens with zero attached hydrogens (tertiary/aromatic N) is 3. The molecule has 0 radical (unpaired) electrons. The Hall–Kier alpha value is -3.61.